The molecule has 0 fully saturated rings. The predicted molar refractivity (Wildman–Crippen MR) is 124 cm³/mol. The fourth-order valence-electron chi connectivity index (χ4n) is 4.74. The third kappa shape index (κ3) is 4.29. The van der Waals surface area contributed by atoms with Gasteiger partial charge >= 0.3 is 0 Å². The van der Waals surface area contributed by atoms with Crippen molar-refractivity contribution in [3.05, 3.63) is 58.9 Å². The molecule has 0 saturated carbocycles. The van der Waals surface area contributed by atoms with E-state index in [0.717, 1.165) is 0 Å². The monoisotopic (exact) mass is 538 g/mol. The maximum Gasteiger partial charge on any atom is 0.231 e. The molecule has 0 saturated heterocycles. The van der Waals surface area contributed by atoms with Gasteiger partial charge in [-0.2, -0.15) is 11.6 Å². The normalized spacial score (nSPS) is 20.8. The molecule has 0 amide bonds. The molecule has 1 heterocycles. The van der Waals surface area contributed by atoms with Gasteiger partial charge in [-0.15, -0.1) is 0 Å². The zero-order valence-electron chi connectivity index (χ0n) is 20.0. The maximum atomic E-state index is 13.7. The Hall–Kier alpha value is -2.25. The molecule has 3 atom stereocenters. The summed E-state index contributed by atoms with van der Waals surface area (Å²) in [5, 5.41) is 11.1. The minimum absolute atomic E-state index is 0. The Balaban J connectivity index is 0.00000324. The van der Waals surface area contributed by atoms with Gasteiger partial charge in [0, 0.05) is 50.0 Å². The van der Waals surface area contributed by atoms with Crippen LogP contribution < -0.4 is 18.9 Å². The third-order valence-electron chi connectivity index (χ3n) is 6.36. The van der Waals surface area contributed by atoms with Crippen LogP contribution in [-0.2, 0) is 37.5 Å². The van der Waals surface area contributed by atoms with Crippen molar-refractivity contribution in [2.75, 3.05) is 21.0 Å². The predicted octanol–water partition coefficient (Wildman–Crippen LogP) is 4.43. The van der Waals surface area contributed by atoms with Crippen molar-refractivity contribution in [1.29, 1.82) is 0 Å². The minimum atomic E-state index is -0.706. The van der Waals surface area contributed by atoms with E-state index in [1.165, 1.54) is 14.2 Å². The van der Waals surface area contributed by atoms with Crippen LogP contribution in [0.1, 0.15) is 53.7 Å². The van der Waals surface area contributed by atoms with Crippen molar-refractivity contribution in [1.82, 2.24) is 0 Å². The maximum absolute atomic E-state index is 13.7. The molecule has 0 unspecified atom stereocenters. The van der Waals surface area contributed by atoms with Gasteiger partial charge in [0.2, 0.25) is 6.79 Å². The molecule has 8 heteroatoms. The summed E-state index contributed by atoms with van der Waals surface area (Å²) < 4.78 is 22.0. The number of benzene rings is 2. The molecule has 2 aromatic rings. The SMILES string of the molecule is [CH2-][C@@H]1C(=[N-])c2cc3c(cc2[C@@H](c2cc(C=O)c(OC)c(OC)c2)[C@H]1C(=O)C(C)(C)C)OCO3.[Y]. The van der Waals surface area contributed by atoms with Crippen LogP contribution in [0.3, 0.4) is 0 Å². The van der Waals surface area contributed by atoms with Gasteiger partial charge in [0.1, 0.15) is 5.78 Å². The molecule has 34 heavy (non-hydrogen) atoms. The third-order valence-corrected chi connectivity index (χ3v) is 6.36. The van der Waals surface area contributed by atoms with Crippen LogP contribution in [0.4, 0.5) is 0 Å². The smallest absolute Gasteiger partial charge is 0.231 e. The van der Waals surface area contributed by atoms with Crippen molar-refractivity contribution < 1.29 is 61.2 Å². The number of ketones is 1. The van der Waals surface area contributed by atoms with Gasteiger partial charge in [0.05, 0.1) is 19.8 Å². The summed E-state index contributed by atoms with van der Waals surface area (Å²) in [6.07, 6.45) is 0.695. The first-order chi connectivity index (χ1) is 15.6. The van der Waals surface area contributed by atoms with Crippen LogP contribution in [0, 0.1) is 24.2 Å². The number of ether oxygens (including phenoxy) is 4. The molecule has 0 bridgehead atoms. The second kappa shape index (κ2) is 9.78. The van der Waals surface area contributed by atoms with E-state index >= 15 is 0 Å². The summed E-state index contributed by atoms with van der Waals surface area (Å²) in [6.45, 7) is 9.79. The first kappa shape index (κ1) is 26.4. The van der Waals surface area contributed by atoms with E-state index in [1.807, 2.05) is 20.8 Å². The van der Waals surface area contributed by atoms with E-state index in [1.54, 1.807) is 24.3 Å². The minimum Gasteiger partial charge on any atom is -0.809 e. The van der Waals surface area contributed by atoms with Crippen molar-refractivity contribution in [2.45, 2.75) is 26.7 Å². The van der Waals surface area contributed by atoms with Gasteiger partial charge in [0.15, 0.2) is 29.3 Å². The zero-order chi connectivity index (χ0) is 24.1. The van der Waals surface area contributed by atoms with Crippen molar-refractivity contribution in [2.24, 2.45) is 17.3 Å². The van der Waals surface area contributed by atoms with Gasteiger partial charge in [-0.1, -0.05) is 20.8 Å². The number of hydrogen-bond acceptors (Lipinski definition) is 6. The van der Waals surface area contributed by atoms with Gasteiger partial charge in [-0.25, -0.2) is 0 Å². The molecular weight excluding hydrogens is 511 g/mol. The van der Waals surface area contributed by atoms with Crippen LogP contribution in [0.2, 0.25) is 0 Å². The summed E-state index contributed by atoms with van der Waals surface area (Å²) in [5.41, 5.74) is 1.57. The number of aldehydes is 1. The van der Waals surface area contributed by atoms with Crippen LogP contribution in [0.5, 0.6) is 23.0 Å². The number of methoxy groups -OCH3 is 2. The Labute approximate surface area is 224 Å². The topological polar surface area (TPSA) is 93.4 Å². The molecule has 177 valence electrons. The molecule has 2 aromatic carbocycles. The van der Waals surface area contributed by atoms with Gasteiger partial charge < -0.3 is 31.3 Å². The molecule has 0 aromatic heterocycles. The first-order valence-corrected chi connectivity index (χ1v) is 10.7. The summed E-state index contributed by atoms with van der Waals surface area (Å²) in [7, 11) is 2.96. The van der Waals surface area contributed by atoms with E-state index in [0.29, 0.717) is 51.5 Å². The molecule has 0 N–H and O–H groups in total. The first-order valence-electron chi connectivity index (χ1n) is 10.7. The Morgan fingerprint density at radius 2 is 1.76 bits per heavy atom. The number of carbonyl (C=O) groups excluding carboxylic acids is 2. The van der Waals surface area contributed by atoms with E-state index in [9.17, 15) is 15.0 Å². The Morgan fingerprint density at radius 3 is 2.32 bits per heavy atom. The average Bonchev–Trinajstić information content (AvgIpc) is 3.25. The zero-order valence-corrected chi connectivity index (χ0v) is 22.8. The molecule has 7 nitrogen and oxygen atoms in total. The number of hydrogen-bond donors (Lipinski definition) is 0. The summed E-state index contributed by atoms with van der Waals surface area (Å²) in [4.78, 5) is 25.6. The molecule has 4 rings (SSSR count). The fraction of sp³-hybridized carbons (Fsp3) is 0.385. The summed E-state index contributed by atoms with van der Waals surface area (Å²) in [5.74, 6) is -0.210. The standard InChI is InChI=1S/C26H27NO6.Y/c1-13-21(25(29)26(2,3)4)22(14-7-15(11-28)24(31-6)20(8-14)30-5)16-9-18-19(33-12-32-18)10-17(16)23(13)27;/h7-11,13,21-22H,1,12H2,2-6H3;/q-2;/t13-,21-,22+;/m0./s1. The van der Waals surface area contributed by atoms with Crippen LogP contribution in [-0.4, -0.2) is 38.8 Å². The molecular formula is C26H27NO6Y-2. The number of rotatable bonds is 5. The van der Waals surface area contributed by atoms with Gasteiger partial charge in [0.25, 0.3) is 0 Å². The van der Waals surface area contributed by atoms with Gasteiger partial charge in [-0.3, -0.25) is 9.59 Å². The Bertz CT molecular complexity index is 1150. The van der Waals surface area contributed by atoms with Crippen LogP contribution >= 0.6 is 0 Å². The van der Waals surface area contributed by atoms with E-state index in [2.05, 4.69) is 6.92 Å². The number of carbonyl (C=O) groups is 2. The van der Waals surface area contributed by atoms with Crippen LogP contribution in [0.15, 0.2) is 24.3 Å². The molecule has 0 spiro atoms. The Morgan fingerprint density at radius 1 is 1.12 bits per heavy atom. The molecule has 2 aliphatic rings. The summed E-state index contributed by atoms with van der Waals surface area (Å²) >= 11 is 0. The van der Waals surface area contributed by atoms with Crippen molar-refractivity contribution in [3.8, 4) is 23.0 Å². The van der Waals surface area contributed by atoms with E-state index in [-0.39, 0.29) is 51.0 Å². The molecule has 1 aliphatic carbocycles. The summed E-state index contributed by atoms with van der Waals surface area (Å²) in [6, 6.07) is 6.98. The number of nitrogens with zero attached hydrogens (tertiary/aromatic N) is 1. The van der Waals surface area contributed by atoms with Crippen LogP contribution in [0.25, 0.3) is 5.41 Å². The second-order valence-corrected chi connectivity index (χ2v) is 9.37. The number of fused-ring (bicyclic) bond motifs is 2. The average molecular weight is 538 g/mol. The Kier molecular flexibility index (Phi) is 7.58. The van der Waals surface area contributed by atoms with E-state index < -0.39 is 23.2 Å². The number of Topliss-reactive ketones (excluding diaryl/α,β-unsaturated/α-hetero) is 1. The quantitative estimate of drug-likeness (QED) is 0.413. The van der Waals surface area contributed by atoms with Crippen molar-refractivity contribution in [3.63, 3.8) is 0 Å². The van der Waals surface area contributed by atoms with Gasteiger partial charge in [-0.05, 0) is 41.0 Å². The second-order valence-electron chi connectivity index (χ2n) is 9.37. The van der Waals surface area contributed by atoms with Crippen molar-refractivity contribution >= 4 is 17.8 Å². The largest absolute Gasteiger partial charge is 0.809 e. The molecule has 1 aliphatic heterocycles. The fourth-order valence-corrected chi connectivity index (χ4v) is 4.74. The molecule has 1 radical (unpaired) electrons. The van der Waals surface area contributed by atoms with E-state index in [4.69, 9.17) is 18.9 Å².